The van der Waals surface area contributed by atoms with Gasteiger partial charge in [0.25, 0.3) is 0 Å². The molecule has 0 radical (unpaired) electrons. The molecule has 1 saturated heterocycles. The number of rotatable bonds is 7. The monoisotopic (exact) mass is 229 g/mol. The van der Waals surface area contributed by atoms with Gasteiger partial charge in [-0.3, -0.25) is 9.80 Å². The lowest BCUT2D eigenvalue weighted by Crippen LogP contribution is -2.48. The Morgan fingerprint density at radius 3 is 2.81 bits per heavy atom. The summed E-state index contributed by atoms with van der Waals surface area (Å²) >= 11 is 0. The second kappa shape index (κ2) is 8.01. The van der Waals surface area contributed by atoms with Crippen molar-refractivity contribution in [3.8, 4) is 0 Å². The molecular formula is C12H27N3O. The van der Waals surface area contributed by atoms with Crippen LogP contribution in [0.3, 0.4) is 0 Å². The Kier molecular flexibility index (Phi) is 6.96. The van der Waals surface area contributed by atoms with Crippen molar-refractivity contribution in [1.29, 1.82) is 0 Å². The van der Waals surface area contributed by atoms with Crippen molar-refractivity contribution in [2.45, 2.75) is 26.4 Å². The molecule has 0 aromatic rings. The Hall–Kier alpha value is -0.160. The second-order valence-electron chi connectivity index (χ2n) is 4.48. The average Bonchev–Trinajstić information content (AvgIpc) is 2.30. The molecule has 1 unspecified atom stereocenters. The van der Waals surface area contributed by atoms with Crippen LogP contribution in [0.25, 0.3) is 0 Å². The molecule has 0 aromatic heterocycles. The molecule has 16 heavy (non-hydrogen) atoms. The quantitative estimate of drug-likeness (QED) is 0.685. The zero-order valence-electron chi connectivity index (χ0n) is 10.8. The van der Waals surface area contributed by atoms with Gasteiger partial charge in [0.15, 0.2) is 0 Å². The van der Waals surface area contributed by atoms with Gasteiger partial charge in [0.05, 0.1) is 12.7 Å². The third kappa shape index (κ3) is 4.78. The van der Waals surface area contributed by atoms with E-state index in [1.165, 1.54) is 6.42 Å². The Balaban J connectivity index is 2.31. The first-order chi connectivity index (χ1) is 7.80. The van der Waals surface area contributed by atoms with Crippen molar-refractivity contribution in [3.63, 3.8) is 0 Å². The van der Waals surface area contributed by atoms with Crippen molar-refractivity contribution in [3.05, 3.63) is 0 Å². The van der Waals surface area contributed by atoms with Crippen LogP contribution >= 0.6 is 0 Å². The van der Waals surface area contributed by atoms with Gasteiger partial charge in [-0.2, -0.15) is 0 Å². The Bertz CT molecular complexity index is 172. The van der Waals surface area contributed by atoms with Crippen LogP contribution < -0.4 is 5.73 Å². The second-order valence-corrected chi connectivity index (χ2v) is 4.48. The van der Waals surface area contributed by atoms with Crippen molar-refractivity contribution in [2.75, 3.05) is 52.4 Å². The van der Waals surface area contributed by atoms with E-state index in [4.69, 9.17) is 10.5 Å². The fourth-order valence-corrected chi connectivity index (χ4v) is 2.26. The first-order valence-electron chi connectivity index (χ1n) is 6.56. The Morgan fingerprint density at radius 1 is 1.38 bits per heavy atom. The van der Waals surface area contributed by atoms with Crippen molar-refractivity contribution < 1.29 is 4.74 Å². The molecule has 96 valence electrons. The lowest BCUT2D eigenvalue weighted by molar-refractivity contribution is -0.0414. The zero-order chi connectivity index (χ0) is 11.8. The number of likely N-dealkylation sites (N-methyl/N-ethyl adjacent to an activating group) is 1. The molecular weight excluding hydrogens is 202 g/mol. The minimum absolute atomic E-state index is 0.367. The fourth-order valence-electron chi connectivity index (χ4n) is 2.26. The first kappa shape index (κ1) is 13.9. The molecule has 1 heterocycles. The van der Waals surface area contributed by atoms with Crippen LogP contribution in [0, 0.1) is 0 Å². The van der Waals surface area contributed by atoms with E-state index in [0.29, 0.717) is 6.10 Å². The summed E-state index contributed by atoms with van der Waals surface area (Å²) in [6, 6.07) is 0. The van der Waals surface area contributed by atoms with Gasteiger partial charge in [-0.15, -0.1) is 0 Å². The van der Waals surface area contributed by atoms with Crippen molar-refractivity contribution >= 4 is 0 Å². The smallest absolute Gasteiger partial charge is 0.0829 e. The SMILES string of the molecule is CCCN(CCN)CC1CN(CC)CCO1. The summed E-state index contributed by atoms with van der Waals surface area (Å²) in [5, 5.41) is 0. The Labute approximate surface area is 99.7 Å². The van der Waals surface area contributed by atoms with E-state index in [1.54, 1.807) is 0 Å². The number of nitrogens with zero attached hydrogens (tertiary/aromatic N) is 2. The number of hydrogen-bond acceptors (Lipinski definition) is 4. The summed E-state index contributed by atoms with van der Waals surface area (Å²) in [5.41, 5.74) is 5.63. The predicted octanol–water partition coefficient (Wildman–Crippen LogP) is 0.378. The van der Waals surface area contributed by atoms with E-state index in [0.717, 1.165) is 52.4 Å². The van der Waals surface area contributed by atoms with Crippen molar-refractivity contribution in [1.82, 2.24) is 9.80 Å². The lowest BCUT2D eigenvalue weighted by atomic mass is 10.2. The van der Waals surface area contributed by atoms with Crippen LogP contribution in [-0.4, -0.2) is 68.3 Å². The first-order valence-corrected chi connectivity index (χ1v) is 6.56. The zero-order valence-corrected chi connectivity index (χ0v) is 10.8. The minimum Gasteiger partial charge on any atom is -0.374 e. The number of ether oxygens (including phenoxy) is 1. The van der Waals surface area contributed by atoms with Crippen LogP contribution in [0.15, 0.2) is 0 Å². The maximum absolute atomic E-state index is 5.81. The summed E-state index contributed by atoms with van der Waals surface area (Å²) in [6.07, 6.45) is 1.55. The minimum atomic E-state index is 0.367. The van der Waals surface area contributed by atoms with Gasteiger partial charge in [-0.05, 0) is 19.5 Å². The largest absolute Gasteiger partial charge is 0.374 e. The molecule has 1 aliphatic heterocycles. The highest BCUT2D eigenvalue weighted by Gasteiger charge is 2.21. The molecule has 0 amide bonds. The molecule has 0 bridgehead atoms. The normalized spacial score (nSPS) is 22.9. The van der Waals surface area contributed by atoms with Gasteiger partial charge in [0.1, 0.15) is 0 Å². The fraction of sp³-hybridized carbons (Fsp3) is 1.00. The highest BCUT2D eigenvalue weighted by molar-refractivity contribution is 4.74. The summed E-state index contributed by atoms with van der Waals surface area (Å²) < 4.78 is 5.81. The maximum Gasteiger partial charge on any atom is 0.0829 e. The van der Waals surface area contributed by atoms with E-state index in [9.17, 15) is 0 Å². The predicted molar refractivity (Wildman–Crippen MR) is 67.6 cm³/mol. The number of hydrogen-bond donors (Lipinski definition) is 1. The van der Waals surface area contributed by atoms with Crippen LogP contribution in [0.5, 0.6) is 0 Å². The molecule has 1 fully saturated rings. The van der Waals surface area contributed by atoms with Gasteiger partial charge < -0.3 is 10.5 Å². The molecule has 0 aromatic carbocycles. The van der Waals surface area contributed by atoms with Crippen LogP contribution in [-0.2, 0) is 4.74 Å². The molecule has 2 N–H and O–H groups in total. The third-order valence-corrected chi connectivity index (χ3v) is 3.12. The third-order valence-electron chi connectivity index (χ3n) is 3.12. The topological polar surface area (TPSA) is 41.7 Å². The molecule has 1 atom stereocenters. The number of nitrogens with two attached hydrogens (primary N) is 1. The van der Waals surface area contributed by atoms with E-state index in [-0.39, 0.29) is 0 Å². The van der Waals surface area contributed by atoms with Gasteiger partial charge >= 0.3 is 0 Å². The standard InChI is InChI=1S/C12H27N3O/c1-3-6-15(7-5-13)11-12-10-14(4-2)8-9-16-12/h12H,3-11,13H2,1-2H3. The van der Waals surface area contributed by atoms with E-state index >= 15 is 0 Å². The lowest BCUT2D eigenvalue weighted by Gasteiger charge is -2.35. The van der Waals surface area contributed by atoms with Crippen LogP contribution in [0.4, 0.5) is 0 Å². The van der Waals surface area contributed by atoms with Crippen molar-refractivity contribution in [2.24, 2.45) is 5.73 Å². The molecule has 4 heteroatoms. The highest BCUT2D eigenvalue weighted by atomic mass is 16.5. The summed E-state index contributed by atoms with van der Waals surface area (Å²) in [7, 11) is 0. The van der Waals surface area contributed by atoms with Gasteiger partial charge in [0, 0.05) is 32.7 Å². The molecule has 4 nitrogen and oxygen atoms in total. The molecule has 1 aliphatic rings. The summed E-state index contributed by atoms with van der Waals surface area (Å²) in [5.74, 6) is 0. The van der Waals surface area contributed by atoms with Crippen LogP contribution in [0.1, 0.15) is 20.3 Å². The molecule has 0 aliphatic carbocycles. The van der Waals surface area contributed by atoms with Gasteiger partial charge in [0.2, 0.25) is 0 Å². The summed E-state index contributed by atoms with van der Waals surface area (Å²) in [4.78, 5) is 4.88. The van der Waals surface area contributed by atoms with E-state index < -0.39 is 0 Å². The molecule has 0 saturated carbocycles. The number of morpholine rings is 1. The maximum atomic E-state index is 5.81. The van der Waals surface area contributed by atoms with E-state index in [2.05, 4.69) is 23.6 Å². The molecule has 0 spiro atoms. The average molecular weight is 229 g/mol. The van der Waals surface area contributed by atoms with Gasteiger partial charge in [-0.1, -0.05) is 13.8 Å². The Morgan fingerprint density at radius 2 is 2.19 bits per heavy atom. The molecule has 1 rings (SSSR count). The van der Waals surface area contributed by atoms with Gasteiger partial charge in [-0.25, -0.2) is 0 Å². The van der Waals surface area contributed by atoms with E-state index in [1.807, 2.05) is 0 Å². The highest BCUT2D eigenvalue weighted by Crippen LogP contribution is 2.07. The summed E-state index contributed by atoms with van der Waals surface area (Å²) in [6.45, 7) is 12.5. The van der Waals surface area contributed by atoms with Crippen LogP contribution in [0.2, 0.25) is 0 Å².